The molecule has 0 aromatic rings. The summed E-state index contributed by atoms with van der Waals surface area (Å²) in [6, 6.07) is 0.409. The maximum Gasteiger partial charge on any atom is 0.0169 e. The third-order valence-corrected chi connectivity index (χ3v) is 6.69. The van der Waals surface area contributed by atoms with Crippen molar-refractivity contribution < 1.29 is 0 Å². The standard InChI is InChI=1S/C9H23NP2/c1-7(11(3)4)9(10)8(2)12(5)6/h7-9H,10H2,1-6H3. The van der Waals surface area contributed by atoms with Crippen LogP contribution < -0.4 is 5.73 Å². The molecular formula is C9H23NP2. The topological polar surface area (TPSA) is 26.0 Å². The lowest BCUT2D eigenvalue weighted by molar-refractivity contribution is 0.645. The summed E-state index contributed by atoms with van der Waals surface area (Å²) in [5, 5.41) is 0. The Kier molecular flexibility index (Phi) is 5.91. The second-order valence-electron chi connectivity index (χ2n) is 3.99. The van der Waals surface area contributed by atoms with Gasteiger partial charge < -0.3 is 5.73 Å². The van der Waals surface area contributed by atoms with Crippen LogP contribution in [-0.4, -0.2) is 44.0 Å². The zero-order valence-electron chi connectivity index (χ0n) is 9.20. The van der Waals surface area contributed by atoms with Gasteiger partial charge in [0, 0.05) is 6.04 Å². The Balaban J connectivity index is 4.08. The van der Waals surface area contributed by atoms with Crippen LogP contribution in [0.2, 0.25) is 0 Å². The van der Waals surface area contributed by atoms with Gasteiger partial charge in [0.05, 0.1) is 0 Å². The average Bonchev–Trinajstić information content (AvgIpc) is 2.00. The van der Waals surface area contributed by atoms with Crippen LogP contribution >= 0.6 is 15.8 Å². The largest absolute Gasteiger partial charge is 0.327 e. The van der Waals surface area contributed by atoms with E-state index in [4.69, 9.17) is 5.73 Å². The van der Waals surface area contributed by atoms with Gasteiger partial charge in [-0.3, -0.25) is 0 Å². The molecule has 3 heteroatoms. The van der Waals surface area contributed by atoms with Crippen molar-refractivity contribution in [1.29, 1.82) is 0 Å². The van der Waals surface area contributed by atoms with Gasteiger partial charge in [0.25, 0.3) is 0 Å². The number of hydrogen-bond acceptors (Lipinski definition) is 1. The van der Waals surface area contributed by atoms with Crippen LogP contribution in [0.3, 0.4) is 0 Å². The third-order valence-electron chi connectivity index (χ3n) is 2.74. The maximum atomic E-state index is 6.20. The van der Waals surface area contributed by atoms with Gasteiger partial charge in [0.15, 0.2) is 0 Å². The van der Waals surface area contributed by atoms with Gasteiger partial charge in [-0.15, -0.1) is 15.8 Å². The molecule has 0 fully saturated rings. The zero-order chi connectivity index (χ0) is 9.89. The first-order valence-corrected chi connectivity index (χ1v) is 9.07. The van der Waals surface area contributed by atoms with Gasteiger partial charge in [0.2, 0.25) is 0 Å². The van der Waals surface area contributed by atoms with Crippen LogP contribution in [-0.2, 0) is 0 Å². The minimum atomic E-state index is 0.127. The molecule has 1 nitrogen and oxygen atoms in total. The van der Waals surface area contributed by atoms with Crippen LogP contribution in [0.15, 0.2) is 0 Å². The maximum absolute atomic E-state index is 6.20. The monoisotopic (exact) mass is 207 g/mol. The predicted molar refractivity (Wildman–Crippen MR) is 64.4 cm³/mol. The van der Waals surface area contributed by atoms with E-state index in [-0.39, 0.29) is 15.8 Å². The molecule has 12 heavy (non-hydrogen) atoms. The fraction of sp³-hybridized carbons (Fsp3) is 1.00. The molecule has 0 aromatic carbocycles. The summed E-state index contributed by atoms with van der Waals surface area (Å²) in [5.74, 6) is 0. The molecule has 0 aliphatic heterocycles. The predicted octanol–water partition coefficient (Wildman–Crippen LogP) is 2.57. The number of rotatable bonds is 4. The molecule has 0 saturated carbocycles. The van der Waals surface area contributed by atoms with Gasteiger partial charge in [-0.1, -0.05) is 13.8 Å². The molecule has 0 radical (unpaired) electrons. The van der Waals surface area contributed by atoms with Crippen LogP contribution in [0.4, 0.5) is 0 Å². The molecule has 0 aromatic heterocycles. The van der Waals surface area contributed by atoms with Crippen molar-refractivity contribution in [1.82, 2.24) is 0 Å². The summed E-state index contributed by atoms with van der Waals surface area (Å²) in [6.07, 6.45) is 0. The van der Waals surface area contributed by atoms with E-state index >= 15 is 0 Å². The molecule has 0 amide bonds. The average molecular weight is 207 g/mol. The summed E-state index contributed by atoms with van der Waals surface area (Å²) in [7, 11) is 0.254. The second kappa shape index (κ2) is 5.53. The van der Waals surface area contributed by atoms with Crippen molar-refractivity contribution in [2.45, 2.75) is 31.2 Å². The van der Waals surface area contributed by atoms with Crippen molar-refractivity contribution in [3.8, 4) is 0 Å². The van der Waals surface area contributed by atoms with E-state index in [1.54, 1.807) is 0 Å². The lowest BCUT2D eigenvalue weighted by Gasteiger charge is -2.31. The molecule has 2 atom stereocenters. The fourth-order valence-electron chi connectivity index (χ4n) is 1.09. The van der Waals surface area contributed by atoms with Gasteiger partial charge in [-0.05, 0) is 38.0 Å². The molecule has 0 aliphatic carbocycles. The summed E-state index contributed by atoms with van der Waals surface area (Å²) in [4.78, 5) is 0. The molecule has 74 valence electrons. The van der Waals surface area contributed by atoms with E-state index in [0.29, 0.717) is 17.4 Å². The Morgan fingerprint density at radius 1 is 0.833 bits per heavy atom. The van der Waals surface area contributed by atoms with Gasteiger partial charge in [-0.25, -0.2) is 0 Å². The van der Waals surface area contributed by atoms with E-state index in [0.717, 1.165) is 0 Å². The second-order valence-corrected chi connectivity index (χ2v) is 9.47. The van der Waals surface area contributed by atoms with Gasteiger partial charge in [0.1, 0.15) is 0 Å². The van der Waals surface area contributed by atoms with E-state index < -0.39 is 0 Å². The first-order chi connectivity index (χ1) is 5.37. The van der Waals surface area contributed by atoms with Gasteiger partial charge in [-0.2, -0.15) is 0 Å². The Hall–Kier alpha value is 0.820. The Morgan fingerprint density at radius 3 is 1.25 bits per heavy atom. The lowest BCUT2D eigenvalue weighted by Crippen LogP contribution is -2.39. The number of hydrogen-bond donors (Lipinski definition) is 1. The minimum absolute atomic E-state index is 0.127. The molecule has 0 aliphatic rings. The molecule has 2 N–H and O–H groups in total. The lowest BCUT2D eigenvalue weighted by atomic mass is 10.2. The quantitative estimate of drug-likeness (QED) is 0.704. The van der Waals surface area contributed by atoms with Gasteiger partial charge >= 0.3 is 0 Å². The van der Waals surface area contributed by atoms with Crippen molar-refractivity contribution in [3.05, 3.63) is 0 Å². The fourth-order valence-corrected chi connectivity index (χ4v) is 3.12. The number of nitrogens with two attached hydrogens (primary N) is 1. The minimum Gasteiger partial charge on any atom is -0.327 e. The first-order valence-electron chi connectivity index (χ1n) is 4.46. The van der Waals surface area contributed by atoms with Crippen molar-refractivity contribution in [2.75, 3.05) is 26.7 Å². The highest BCUT2D eigenvalue weighted by Gasteiger charge is 2.23. The molecule has 0 saturated heterocycles. The molecule has 0 spiro atoms. The Labute approximate surface area is 80.0 Å². The zero-order valence-corrected chi connectivity index (χ0v) is 11.0. The van der Waals surface area contributed by atoms with Crippen LogP contribution in [0.1, 0.15) is 13.8 Å². The molecule has 2 unspecified atom stereocenters. The summed E-state index contributed by atoms with van der Waals surface area (Å²) in [5.41, 5.74) is 7.61. The normalized spacial score (nSPS) is 19.8. The third kappa shape index (κ3) is 3.69. The van der Waals surface area contributed by atoms with Crippen molar-refractivity contribution >= 4 is 15.8 Å². The first kappa shape index (κ1) is 12.8. The highest BCUT2D eigenvalue weighted by atomic mass is 31.1. The summed E-state index contributed by atoms with van der Waals surface area (Å²) < 4.78 is 0. The summed E-state index contributed by atoms with van der Waals surface area (Å²) in [6.45, 7) is 13.9. The van der Waals surface area contributed by atoms with E-state index in [1.165, 1.54) is 0 Å². The Morgan fingerprint density at radius 2 is 1.08 bits per heavy atom. The molecular weight excluding hydrogens is 184 g/mol. The van der Waals surface area contributed by atoms with E-state index in [9.17, 15) is 0 Å². The van der Waals surface area contributed by atoms with Crippen molar-refractivity contribution in [2.24, 2.45) is 5.73 Å². The van der Waals surface area contributed by atoms with E-state index in [1.807, 2.05) is 0 Å². The van der Waals surface area contributed by atoms with Crippen LogP contribution in [0.5, 0.6) is 0 Å². The summed E-state index contributed by atoms with van der Waals surface area (Å²) >= 11 is 0. The molecule has 0 bridgehead atoms. The highest BCUT2D eigenvalue weighted by molar-refractivity contribution is 7.58. The SMILES string of the molecule is CC(C(N)C(C)P(C)C)P(C)C. The Bertz CT molecular complexity index is 112. The van der Waals surface area contributed by atoms with E-state index in [2.05, 4.69) is 40.5 Å². The highest BCUT2D eigenvalue weighted by Crippen LogP contribution is 2.41. The molecule has 0 rings (SSSR count). The van der Waals surface area contributed by atoms with Crippen LogP contribution in [0, 0.1) is 0 Å². The molecule has 0 heterocycles. The smallest absolute Gasteiger partial charge is 0.0169 e. The van der Waals surface area contributed by atoms with Crippen molar-refractivity contribution in [3.63, 3.8) is 0 Å². The van der Waals surface area contributed by atoms with Crippen LogP contribution in [0.25, 0.3) is 0 Å².